The highest BCUT2D eigenvalue weighted by Crippen LogP contribution is 2.55. The second-order valence-electron chi connectivity index (χ2n) is 17.8. The van der Waals surface area contributed by atoms with Crippen molar-refractivity contribution < 1.29 is 0 Å². The van der Waals surface area contributed by atoms with Crippen LogP contribution in [0.4, 0.5) is 0 Å². The SMILES string of the molecule is CC(C)c1ccccc1-c1ccc(-c2ccccc2-c2c3ccccc3c(-c3ccc4c(c3)C(C)(C)C3C=CC=CC43)c3cc(-c4ccc5ccccc5c4)ccc23)cc1. The van der Waals surface area contributed by atoms with E-state index in [0.717, 1.165) is 0 Å². The van der Waals surface area contributed by atoms with Crippen LogP contribution in [0.2, 0.25) is 0 Å². The maximum atomic E-state index is 2.53. The van der Waals surface area contributed by atoms with Gasteiger partial charge in [-0.2, -0.15) is 0 Å². The molecule has 0 aromatic heterocycles. The molecule has 0 fully saturated rings. The fourth-order valence-electron chi connectivity index (χ4n) is 10.7. The summed E-state index contributed by atoms with van der Waals surface area (Å²) >= 11 is 0. The number of benzene rings is 9. The highest BCUT2D eigenvalue weighted by Gasteiger charge is 2.44. The zero-order chi connectivity index (χ0) is 40.5. The molecule has 9 aromatic carbocycles. The molecule has 2 aliphatic rings. The van der Waals surface area contributed by atoms with Crippen LogP contribution in [-0.4, -0.2) is 0 Å². The van der Waals surface area contributed by atoms with Crippen molar-refractivity contribution in [3.05, 3.63) is 217 Å². The van der Waals surface area contributed by atoms with E-state index in [9.17, 15) is 0 Å². The third-order valence-corrected chi connectivity index (χ3v) is 13.8. The van der Waals surface area contributed by atoms with Gasteiger partial charge in [-0.25, -0.2) is 0 Å². The first-order valence-electron chi connectivity index (χ1n) is 21.6. The molecule has 288 valence electrons. The lowest BCUT2D eigenvalue weighted by molar-refractivity contribution is 0.394. The Morgan fingerprint density at radius 2 is 0.983 bits per heavy atom. The third-order valence-electron chi connectivity index (χ3n) is 13.8. The van der Waals surface area contributed by atoms with E-state index in [1.807, 2.05) is 0 Å². The lowest BCUT2D eigenvalue weighted by atomic mass is 9.74. The summed E-state index contributed by atoms with van der Waals surface area (Å²) in [4.78, 5) is 0. The van der Waals surface area contributed by atoms with Crippen molar-refractivity contribution in [2.45, 2.75) is 44.9 Å². The quantitative estimate of drug-likeness (QED) is 0.148. The maximum Gasteiger partial charge on any atom is 0.00953 e. The molecule has 0 heterocycles. The second-order valence-corrected chi connectivity index (χ2v) is 17.8. The zero-order valence-corrected chi connectivity index (χ0v) is 34.8. The molecular weight excluding hydrogens is 721 g/mol. The Bertz CT molecular complexity index is 3200. The van der Waals surface area contributed by atoms with E-state index in [1.54, 1.807) is 0 Å². The lowest BCUT2D eigenvalue weighted by Gasteiger charge is -2.29. The lowest BCUT2D eigenvalue weighted by Crippen LogP contribution is -2.24. The van der Waals surface area contributed by atoms with Gasteiger partial charge in [-0.15, -0.1) is 0 Å². The predicted molar refractivity (Wildman–Crippen MR) is 258 cm³/mol. The maximum absolute atomic E-state index is 2.53. The summed E-state index contributed by atoms with van der Waals surface area (Å²) in [5, 5.41) is 7.61. The van der Waals surface area contributed by atoms with Gasteiger partial charge in [-0.1, -0.05) is 216 Å². The van der Waals surface area contributed by atoms with Crippen molar-refractivity contribution in [3.63, 3.8) is 0 Å². The van der Waals surface area contributed by atoms with E-state index in [4.69, 9.17) is 0 Å². The number of fused-ring (bicyclic) bond motifs is 6. The Labute approximate surface area is 354 Å². The van der Waals surface area contributed by atoms with Gasteiger partial charge in [0, 0.05) is 5.92 Å². The fraction of sp³-hybridized carbons (Fsp3) is 0.133. The minimum absolute atomic E-state index is 0.0183. The van der Waals surface area contributed by atoms with E-state index < -0.39 is 0 Å². The van der Waals surface area contributed by atoms with E-state index in [0.29, 0.717) is 17.8 Å². The summed E-state index contributed by atoms with van der Waals surface area (Å²) in [6.07, 6.45) is 9.30. The Kier molecular flexibility index (Phi) is 8.61. The summed E-state index contributed by atoms with van der Waals surface area (Å²) < 4.78 is 0. The first kappa shape index (κ1) is 36.3. The van der Waals surface area contributed by atoms with E-state index >= 15 is 0 Å². The molecule has 0 N–H and O–H groups in total. The number of hydrogen-bond donors (Lipinski definition) is 0. The molecule has 0 amide bonds. The molecule has 0 aliphatic heterocycles. The van der Waals surface area contributed by atoms with Gasteiger partial charge < -0.3 is 0 Å². The molecule has 0 radical (unpaired) electrons. The average molecular weight is 769 g/mol. The molecule has 0 nitrogen and oxygen atoms in total. The monoisotopic (exact) mass is 768 g/mol. The van der Waals surface area contributed by atoms with Crippen LogP contribution in [0.1, 0.15) is 56.2 Å². The molecule has 2 aliphatic carbocycles. The minimum Gasteiger partial charge on any atom is -0.0796 e. The van der Waals surface area contributed by atoms with Crippen LogP contribution in [0.3, 0.4) is 0 Å². The van der Waals surface area contributed by atoms with Crippen LogP contribution in [0.15, 0.2) is 200 Å². The smallest absolute Gasteiger partial charge is 0.00953 e. The van der Waals surface area contributed by atoms with E-state index in [2.05, 4.69) is 228 Å². The van der Waals surface area contributed by atoms with Crippen molar-refractivity contribution in [1.29, 1.82) is 0 Å². The molecule has 0 saturated heterocycles. The van der Waals surface area contributed by atoms with Crippen molar-refractivity contribution in [2.75, 3.05) is 0 Å². The van der Waals surface area contributed by atoms with Crippen LogP contribution < -0.4 is 0 Å². The molecular formula is C60H48. The average Bonchev–Trinajstić information content (AvgIpc) is 3.53. The highest BCUT2D eigenvalue weighted by atomic mass is 14.5. The van der Waals surface area contributed by atoms with Crippen molar-refractivity contribution in [2.24, 2.45) is 5.92 Å². The largest absolute Gasteiger partial charge is 0.0796 e. The molecule has 0 bridgehead atoms. The summed E-state index contributed by atoms with van der Waals surface area (Å²) in [5.41, 5.74) is 16.9. The normalized spacial score (nSPS) is 16.5. The van der Waals surface area contributed by atoms with Crippen molar-refractivity contribution in [3.8, 4) is 55.6 Å². The Hall–Kier alpha value is -6.76. The van der Waals surface area contributed by atoms with Crippen LogP contribution in [0.25, 0.3) is 88.0 Å². The van der Waals surface area contributed by atoms with Gasteiger partial charge in [-0.05, 0) is 134 Å². The molecule has 60 heavy (non-hydrogen) atoms. The van der Waals surface area contributed by atoms with Gasteiger partial charge in [0.1, 0.15) is 0 Å². The van der Waals surface area contributed by atoms with Crippen LogP contribution in [0.5, 0.6) is 0 Å². The first-order valence-corrected chi connectivity index (χ1v) is 21.6. The molecule has 0 saturated carbocycles. The fourth-order valence-corrected chi connectivity index (χ4v) is 10.7. The van der Waals surface area contributed by atoms with Gasteiger partial charge in [0.25, 0.3) is 0 Å². The van der Waals surface area contributed by atoms with E-state index in [1.165, 1.54) is 105 Å². The van der Waals surface area contributed by atoms with Crippen LogP contribution >= 0.6 is 0 Å². The van der Waals surface area contributed by atoms with Gasteiger partial charge in [-0.3, -0.25) is 0 Å². The Morgan fingerprint density at radius 3 is 1.77 bits per heavy atom. The minimum atomic E-state index is 0.0183. The Morgan fingerprint density at radius 1 is 0.417 bits per heavy atom. The van der Waals surface area contributed by atoms with Crippen LogP contribution in [0, 0.1) is 5.92 Å². The van der Waals surface area contributed by atoms with Crippen molar-refractivity contribution >= 4 is 32.3 Å². The molecule has 2 unspecified atom stereocenters. The second kappa shape index (κ2) is 14.2. The standard InChI is InChI=1S/C60H48/c1-38(2)46-17-7-8-18-47(46)40-26-28-41(29-27-40)48-19-9-10-21-51(48)59-53-23-12-11-22-52(53)58(45-32-33-50-49-20-13-14-24-56(49)60(3,4)57(50)37-45)55-36-44(31-34-54(55)59)43-30-25-39-15-5-6-16-42(39)35-43/h5-38,49,56H,1-4H3. The summed E-state index contributed by atoms with van der Waals surface area (Å²) in [6, 6.07) is 66.3. The van der Waals surface area contributed by atoms with Gasteiger partial charge in [0.05, 0.1) is 0 Å². The van der Waals surface area contributed by atoms with Crippen molar-refractivity contribution in [1.82, 2.24) is 0 Å². The molecule has 0 heteroatoms. The van der Waals surface area contributed by atoms with E-state index in [-0.39, 0.29) is 5.41 Å². The topological polar surface area (TPSA) is 0 Å². The summed E-state index contributed by atoms with van der Waals surface area (Å²) in [6.45, 7) is 9.43. The van der Waals surface area contributed by atoms with Gasteiger partial charge >= 0.3 is 0 Å². The Balaban J connectivity index is 1.15. The molecule has 0 spiro atoms. The summed E-state index contributed by atoms with van der Waals surface area (Å²) in [5.74, 6) is 1.33. The highest BCUT2D eigenvalue weighted by molar-refractivity contribution is 6.23. The van der Waals surface area contributed by atoms with Crippen LogP contribution in [-0.2, 0) is 5.41 Å². The van der Waals surface area contributed by atoms with Gasteiger partial charge in [0.2, 0.25) is 0 Å². The number of hydrogen-bond acceptors (Lipinski definition) is 0. The molecule has 11 rings (SSSR count). The summed E-state index contributed by atoms with van der Waals surface area (Å²) in [7, 11) is 0. The number of allylic oxidation sites excluding steroid dienone is 4. The zero-order valence-electron chi connectivity index (χ0n) is 34.8. The van der Waals surface area contributed by atoms with Gasteiger partial charge in [0.15, 0.2) is 0 Å². The molecule has 2 atom stereocenters. The third kappa shape index (κ3) is 5.81. The first-order chi connectivity index (χ1) is 29.3. The molecule has 9 aromatic rings. The predicted octanol–water partition coefficient (Wildman–Crippen LogP) is 16.7. The number of rotatable bonds is 6.